The smallest absolute Gasteiger partial charge is 0.204 e. The van der Waals surface area contributed by atoms with E-state index in [4.69, 9.17) is 9.05 Å². The summed E-state index contributed by atoms with van der Waals surface area (Å²) < 4.78 is 11.0. The summed E-state index contributed by atoms with van der Waals surface area (Å²) >= 11 is 0. The largest absolute Gasteiger partial charge is 0.269 e. The van der Waals surface area contributed by atoms with E-state index in [9.17, 15) is 0 Å². The van der Waals surface area contributed by atoms with Crippen molar-refractivity contribution in [3.8, 4) is 0 Å². The normalized spacial score (nSPS) is 33.0. The molecule has 9 heavy (non-hydrogen) atoms. The molecule has 0 spiro atoms. The summed E-state index contributed by atoms with van der Waals surface area (Å²) in [5, 5.41) is 0. The summed E-state index contributed by atoms with van der Waals surface area (Å²) in [5.74, 6) is 0. The van der Waals surface area contributed by atoms with Crippen molar-refractivity contribution in [3.05, 3.63) is 0 Å². The summed E-state index contributed by atoms with van der Waals surface area (Å²) in [6.45, 7) is 7.04. The predicted molar refractivity (Wildman–Crippen MR) is 39.9 cm³/mol. The van der Waals surface area contributed by atoms with Crippen molar-refractivity contribution in [2.75, 3.05) is 19.9 Å². The minimum absolute atomic E-state index is 0.369. The lowest BCUT2D eigenvalue weighted by atomic mass is 10.3. The van der Waals surface area contributed by atoms with Crippen molar-refractivity contribution in [2.24, 2.45) is 0 Å². The maximum absolute atomic E-state index is 5.59. The van der Waals surface area contributed by atoms with E-state index in [1.165, 1.54) is 0 Å². The monoisotopic (exact) mass is 149 g/mol. The van der Waals surface area contributed by atoms with Crippen LogP contribution in [-0.4, -0.2) is 26.0 Å². The van der Waals surface area contributed by atoms with Gasteiger partial charge in [0.1, 0.15) is 26.0 Å². The zero-order valence-electron chi connectivity index (χ0n) is 6.26. The lowest BCUT2D eigenvalue weighted by Crippen LogP contribution is -2.05. The van der Waals surface area contributed by atoms with Gasteiger partial charge >= 0.3 is 0 Å². The molecule has 1 unspecified atom stereocenters. The van der Waals surface area contributed by atoms with Gasteiger partial charge in [0.2, 0.25) is 0 Å². The SMILES string of the molecule is CCC1CO[P+](C)(C)O1. The molecule has 0 aromatic carbocycles. The Labute approximate surface area is 57.0 Å². The molecule has 0 amide bonds. The first-order chi connectivity index (χ1) is 4.14. The van der Waals surface area contributed by atoms with Crippen LogP contribution in [0, 0.1) is 0 Å². The highest BCUT2D eigenvalue weighted by Crippen LogP contribution is 2.59. The molecule has 0 aliphatic carbocycles. The minimum atomic E-state index is -1.37. The molecule has 0 aromatic rings. The third-order valence-corrected chi connectivity index (χ3v) is 3.01. The Morgan fingerprint density at radius 1 is 1.56 bits per heavy atom. The van der Waals surface area contributed by atoms with Crippen molar-refractivity contribution in [1.82, 2.24) is 0 Å². The van der Waals surface area contributed by atoms with E-state index >= 15 is 0 Å². The summed E-state index contributed by atoms with van der Waals surface area (Å²) in [7, 11) is -1.37. The molecular weight excluding hydrogens is 135 g/mol. The Hall–Kier alpha value is 0.350. The molecule has 3 heteroatoms. The quantitative estimate of drug-likeness (QED) is 0.530. The highest BCUT2D eigenvalue weighted by Gasteiger charge is 2.40. The second kappa shape index (κ2) is 2.53. The molecule has 2 nitrogen and oxygen atoms in total. The molecule has 0 saturated carbocycles. The predicted octanol–water partition coefficient (Wildman–Crippen LogP) is 1.92. The lowest BCUT2D eigenvalue weighted by molar-refractivity contribution is 0.233. The molecule has 0 aromatic heterocycles. The molecule has 1 saturated heterocycles. The molecule has 54 valence electrons. The summed E-state index contributed by atoms with van der Waals surface area (Å²) in [4.78, 5) is 0. The van der Waals surface area contributed by atoms with Gasteiger partial charge in [0.05, 0.1) is 0 Å². The molecule has 1 atom stereocenters. The first-order valence-corrected chi connectivity index (χ1v) is 5.83. The van der Waals surface area contributed by atoms with Crippen LogP contribution in [-0.2, 0) is 9.05 Å². The summed E-state index contributed by atoms with van der Waals surface area (Å²) in [6, 6.07) is 0. The van der Waals surface area contributed by atoms with E-state index in [2.05, 4.69) is 20.3 Å². The standard InChI is InChI=1S/C6H14O2P/c1-4-6-5-7-9(2,3)8-6/h6H,4-5H2,1-3H3/q+1. The first-order valence-electron chi connectivity index (χ1n) is 3.31. The Bertz CT molecular complexity index is 103. The molecular formula is C6H14O2P+. The van der Waals surface area contributed by atoms with Crippen LogP contribution in [0.2, 0.25) is 0 Å². The van der Waals surface area contributed by atoms with E-state index in [1.54, 1.807) is 0 Å². The van der Waals surface area contributed by atoms with Crippen LogP contribution in [0.3, 0.4) is 0 Å². The maximum Gasteiger partial charge on any atom is 0.269 e. The second-order valence-electron chi connectivity index (χ2n) is 2.68. The number of rotatable bonds is 1. The molecule has 1 aliphatic heterocycles. The maximum atomic E-state index is 5.59. The van der Waals surface area contributed by atoms with E-state index in [0.717, 1.165) is 13.0 Å². The van der Waals surface area contributed by atoms with Crippen LogP contribution >= 0.6 is 7.72 Å². The zero-order valence-corrected chi connectivity index (χ0v) is 7.15. The van der Waals surface area contributed by atoms with Crippen LogP contribution in [0.4, 0.5) is 0 Å². The summed E-state index contributed by atoms with van der Waals surface area (Å²) in [6.07, 6.45) is 1.44. The highest BCUT2D eigenvalue weighted by molar-refractivity contribution is 7.65. The van der Waals surface area contributed by atoms with Gasteiger partial charge in [-0.25, -0.2) is 9.05 Å². The highest BCUT2D eigenvalue weighted by atomic mass is 31.2. The van der Waals surface area contributed by atoms with Gasteiger partial charge in [-0.2, -0.15) is 0 Å². The first kappa shape index (κ1) is 7.46. The Morgan fingerprint density at radius 3 is 2.44 bits per heavy atom. The zero-order chi connectivity index (χ0) is 6.91. The number of hydrogen-bond donors (Lipinski definition) is 0. The fraction of sp³-hybridized carbons (Fsp3) is 1.00. The average molecular weight is 149 g/mol. The summed E-state index contributed by atoms with van der Waals surface area (Å²) in [5.41, 5.74) is 0. The topological polar surface area (TPSA) is 18.5 Å². The van der Waals surface area contributed by atoms with Gasteiger partial charge in [-0.15, -0.1) is 0 Å². The van der Waals surface area contributed by atoms with Gasteiger partial charge in [0.15, 0.2) is 0 Å². The van der Waals surface area contributed by atoms with Gasteiger partial charge < -0.3 is 0 Å². The van der Waals surface area contributed by atoms with Gasteiger partial charge in [-0.05, 0) is 6.42 Å². The van der Waals surface area contributed by atoms with Crippen molar-refractivity contribution < 1.29 is 9.05 Å². The van der Waals surface area contributed by atoms with Crippen LogP contribution in [0.15, 0.2) is 0 Å². The third-order valence-electron chi connectivity index (χ3n) is 1.43. The van der Waals surface area contributed by atoms with E-state index in [1.807, 2.05) is 0 Å². The molecule has 0 radical (unpaired) electrons. The average Bonchev–Trinajstić information content (AvgIpc) is 2.10. The van der Waals surface area contributed by atoms with Crippen molar-refractivity contribution in [1.29, 1.82) is 0 Å². The Balaban J connectivity index is 2.38. The van der Waals surface area contributed by atoms with Crippen LogP contribution < -0.4 is 0 Å². The Morgan fingerprint density at radius 2 is 2.22 bits per heavy atom. The van der Waals surface area contributed by atoms with Crippen LogP contribution in [0.25, 0.3) is 0 Å². The van der Waals surface area contributed by atoms with Gasteiger partial charge in [-0.3, -0.25) is 0 Å². The molecule has 1 aliphatic rings. The van der Waals surface area contributed by atoms with Gasteiger partial charge in [0.25, 0.3) is 7.72 Å². The molecule has 1 fully saturated rings. The van der Waals surface area contributed by atoms with Crippen molar-refractivity contribution >= 4 is 7.72 Å². The second-order valence-corrected chi connectivity index (χ2v) is 5.66. The molecule has 0 N–H and O–H groups in total. The lowest BCUT2D eigenvalue weighted by Gasteiger charge is -2.05. The van der Waals surface area contributed by atoms with Crippen LogP contribution in [0.1, 0.15) is 13.3 Å². The fourth-order valence-electron chi connectivity index (χ4n) is 0.875. The number of hydrogen-bond acceptors (Lipinski definition) is 2. The molecule has 0 bridgehead atoms. The van der Waals surface area contributed by atoms with E-state index in [0.29, 0.717) is 6.10 Å². The molecule has 1 rings (SSSR count). The van der Waals surface area contributed by atoms with Crippen LogP contribution in [0.5, 0.6) is 0 Å². The van der Waals surface area contributed by atoms with Crippen molar-refractivity contribution in [2.45, 2.75) is 19.4 Å². The molecule has 1 heterocycles. The van der Waals surface area contributed by atoms with Crippen molar-refractivity contribution in [3.63, 3.8) is 0 Å². The fourth-order valence-corrected chi connectivity index (χ4v) is 2.39. The van der Waals surface area contributed by atoms with E-state index < -0.39 is 7.72 Å². The minimum Gasteiger partial charge on any atom is -0.204 e. The Kier molecular flexibility index (Phi) is 2.10. The third kappa shape index (κ3) is 1.89. The van der Waals surface area contributed by atoms with E-state index in [-0.39, 0.29) is 0 Å². The van der Waals surface area contributed by atoms with Gasteiger partial charge in [0, 0.05) is 0 Å². The van der Waals surface area contributed by atoms with Gasteiger partial charge in [-0.1, -0.05) is 6.92 Å².